The van der Waals surface area contributed by atoms with Gasteiger partial charge in [-0.05, 0) is 32.8 Å². The number of hydrogen-bond donors (Lipinski definition) is 0. The first-order valence-corrected chi connectivity index (χ1v) is 9.01. The van der Waals surface area contributed by atoms with Gasteiger partial charge in [0, 0.05) is 31.2 Å². The standard InChI is InChI=1S/C20H24F2N2O2/c1-13(2)8-9-24-16-7-6-15(20(24)26)11-23(12-16)18(25)10-14-4-3-5-17(21)19(14)22/h3-5,8,15-16H,6-7,9-12H2,1-2H3/t15-,16+/m1/s1. The Morgan fingerprint density at radius 3 is 2.73 bits per heavy atom. The van der Waals surface area contributed by atoms with E-state index in [0.717, 1.165) is 24.5 Å². The van der Waals surface area contributed by atoms with Crippen LogP contribution in [0.1, 0.15) is 32.3 Å². The smallest absolute Gasteiger partial charge is 0.228 e. The second-order valence-electron chi connectivity index (χ2n) is 7.39. The zero-order chi connectivity index (χ0) is 18.8. The van der Waals surface area contributed by atoms with Crippen LogP contribution in [0.2, 0.25) is 0 Å². The fourth-order valence-electron chi connectivity index (χ4n) is 3.72. The summed E-state index contributed by atoms with van der Waals surface area (Å²) in [4.78, 5) is 28.9. The molecule has 1 aromatic rings. The second kappa shape index (κ2) is 7.56. The van der Waals surface area contributed by atoms with E-state index in [1.807, 2.05) is 24.8 Å². The molecule has 0 saturated carbocycles. The minimum atomic E-state index is -0.972. The van der Waals surface area contributed by atoms with Crippen molar-refractivity contribution in [3.8, 4) is 0 Å². The summed E-state index contributed by atoms with van der Waals surface area (Å²) >= 11 is 0. The molecule has 3 fully saturated rings. The van der Waals surface area contributed by atoms with Gasteiger partial charge in [0.1, 0.15) is 0 Å². The third kappa shape index (κ3) is 3.79. The Labute approximate surface area is 152 Å². The van der Waals surface area contributed by atoms with Crippen molar-refractivity contribution in [2.45, 2.75) is 39.2 Å². The predicted octanol–water partition coefficient (Wildman–Crippen LogP) is 2.92. The number of halogens is 2. The molecular formula is C20H24F2N2O2. The van der Waals surface area contributed by atoms with E-state index in [9.17, 15) is 18.4 Å². The Hall–Kier alpha value is -2.24. The average molecular weight is 362 g/mol. The van der Waals surface area contributed by atoms with Gasteiger partial charge in [0.2, 0.25) is 11.8 Å². The normalized spacial score (nSPS) is 22.4. The molecule has 140 valence electrons. The summed E-state index contributed by atoms with van der Waals surface area (Å²) in [7, 11) is 0. The summed E-state index contributed by atoms with van der Waals surface area (Å²) in [6, 6.07) is 3.85. The van der Waals surface area contributed by atoms with E-state index in [2.05, 4.69) is 0 Å². The molecule has 3 saturated heterocycles. The molecule has 3 aliphatic heterocycles. The number of hydrogen-bond acceptors (Lipinski definition) is 2. The molecule has 0 aliphatic carbocycles. The average Bonchev–Trinajstić information content (AvgIpc) is 2.88. The minimum absolute atomic E-state index is 0.0156. The molecule has 0 unspecified atom stereocenters. The highest BCUT2D eigenvalue weighted by atomic mass is 19.2. The van der Waals surface area contributed by atoms with Crippen molar-refractivity contribution < 1.29 is 18.4 Å². The van der Waals surface area contributed by atoms with Gasteiger partial charge in [-0.25, -0.2) is 8.78 Å². The van der Waals surface area contributed by atoms with Gasteiger partial charge < -0.3 is 9.80 Å². The molecular weight excluding hydrogens is 338 g/mol. The third-order valence-electron chi connectivity index (χ3n) is 5.22. The van der Waals surface area contributed by atoms with Crippen LogP contribution in [0.4, 0.5) is 8.78 Å². The zero-order valence-electron chi connectivity index (χ0n) is 15.2. The maximum atomic E-state index is 13.9. The lowest BCUT2D eigenvalue weighted by atomic mass is 9.94. The van der Waals surface area contributed by atoms with Crippen molar-refractivity contribution in [1.82, 2.24) is 9.80 Å². The van der Waals surface area contributed by atoms with E-state index in [0.29, 0.717) is 19.6 Å². The Balaban J connectivity index is 1.74. The summed E-state index contributed by atoms with van der Waals surface area (Å²) in [6.45, 7) is 5.35. The number of rotatable bonds is 4. The summed E-state index contributed by atoms with van der Waals surface area (Å²) in [6.07, 6.45) is 3.47. The van der Waals surface area contributed by atoms with Gasteiger partial charge in [-0.2, -0.15) is 0 Å². The Bertz CT molecular complexity index is 743. The molecule has 2 atom stereocenters. The molecule has 1 aromatic carbocycles. The van der Waals surface area contributed by atoms with Crippen molar-refractivity contribution in [1.29, 1.82) is 0 Å². The number of carbonyl (C=O) groups is 2. The van der Waals surface area contributed by atoms with Crippen LogP contribution in [0.5, 0.6) is 0 Å². The number of allylic oxidation sites excluding steroid dienone is 1. The summed E-state index contributed by atoms with van der Waals surface area (Å²) in [5, 5.41) is 0. The van der Waals surface area contributed by atoms with Crippen molar-refractivity contribution in [2.24, 2.45) is 5.92 Å². The van der Waals surface area contributed by atoms with Crippen LogP contribution >= 0.6 is 0 Å². The van der Waals surface area contributed by atoms with E-state index in [-0.39, 0.29) is 35.8 Å². The number of carbonyl (C=O) groups excluding carboxylic acids is 2. The first-order chi connectivity index (χ1) is 12.4. The zero-order valence-corrected chi connectivity index (χ0v) is 15.2. The number of benzene rings is 1. The van der Waals surface area contributed by atoms with Gasteiger partial charge >= 0.3 is 0 Å². The van der Waals surface area contributed by atoms with Crippen LogP contribution in [0.3, 0.4) is 0 Å². The topological polar surface area (TPSA) is 40.6 Å². The fraction of sp³-hybridized carbons (Fsp3) is 0.500. The molecule has 0 aromatic heterocycles. The molecule has 26 heavy (non-hydrogen) atoms. The van der Waals surface area contributed by atoms with Crippen molar-refractivity contribution in [3.05, 3.63) is 47.0 Å². The molecule has 6 heteroatoms. The molecule has 3 aliphatic rings. The minimum Gasteiger partial charge on any atom is -0.340 e. The van der Waals surface area contributed by atoms with Crippen molar-refractivity contribution in [3.63, 3.8) is 0 Å². The van der Waals surface area contributed by atoms with Gasteiger partial charge in [-0.15, -0.1) is 0 Å². The lowest BCUT2D eigenvalue weighted by molar-refractivity contribution is -0.139. The Morgan fingerprint density at radius 2 is 2.00 bits per heavy atom. The van der Waals surface area contributed by atoms with E-state index in [1.165, 1.54) is 12.1 Å². The van der Waals surface area contributed by atoms with E-state index >= 15 is 0 Å². The summed E-state index contributed by atoms with van der Waals surface area (Å²) in [5.74, 6) is -2.30. The maximum Gasteiger partial charge on any atom is 0.228 e. The first-order valence-electron chi connectivity index (χ1n) is 9.01. The SMILES string of the molecule is CC(C)=CCN1C(=O)[C@@H]2CC[C@H]1CN(C(=O)Cc1cccc(F)c1F)C2. The van der Waals surface area contributed by atoms with Crippen LogP contribution in [0.25, 0.3) is 0 Å². The van der Waals surface area contributed by atoms with Crippen LogP contribution in [0.15, 0.2) is 29.8 Å². The molecule has 2 amide bonds. The van der Waals surface area contributed by atoms with Crippen LogP contribution in [-0.2, 0) is 16.0 Å². The van der Waals surface area contributed by atoms with E-state index in [1.54, 1.807) is 4.90 Å². The molecule has 0 N–H and O–H groups in total. The van der Waals surface area contributed by atoms with Gasteiger partial charge in [0.15, 0.2) is 11.6 Å². The second-order valence-corrected chi connectivity index (χ2v) is 7.39. The molecule has 4 nitrogen and oxygen atoms in total. The van der Waals surface area contributed by atoms with Gasteiger partial charge in [0.05, 0.1) is 12.3 Å². The maximum absolute atomic E-state index is 13.9. The number of piperidine rings is 1. The Kier molecular flexibility index (Phi) is 5.39. The largest absolute Gasteiger partial charge is 0.340 e. The highest BCUT2D eigenvalue weighted by Crippen LogP contribution is 2.29. The van der Waals surface area contributed by atoms with Crippen LogP contribution < -0.4 is 0 Å². The van der Waals surface area contributed by atoms with Crippen LogP contribution in [0, 0.1) is 17.6 Å². The summed E-state index contributed by atoms with van der Waals surface area (Å²) < 4.78 is 27.2. The molecule has 0 radical (unpaired) electrons. The molecule has 3 heterocycles. The number of fused-ring (bicyclic) bond motifs is 4. The van der Waals surface area contributed by atoms with E-state index < -0.39 is 11.6 Å². The fourth-order valence-corrected chi connectivity index (χ4v) is 3.72. The molecule has 4 rings (SSSR count). The van der Waals surface area contributed by atoms with Gasteiger partial charge in [-0.1, -0.05) is 23.8 Å². The highest BCUT2D eigenvalue weighted by Gasteiger charge is 2.41. The van der Waals surface area contributed by atoms with Gasteiger partial charge in [-0.3, -0.25) is 9.59 Å². The van der Waals surface area contributed by atoms with E-state index in [4.69, 9.17) is 0 Å². The number of amides is 2. The van der Waals surface area contributed by atoms with Crippen LogP contribution in [-0.4, -0.2) is 47.3 Å². The molecule has 0 spiro atoms. The monoisotopic (exact) mass is 362 g/mol. The molecule has 2 bridgehead atoms. The first kappa shape index (κ1) is 18.5. The summed E-state index contributed by atoms with van der Waals surface area (Å²) in [5.41, 5.74) is 1.20. The number of nitrogens with zero attached hydrogens (tertiary/aromatic N) is 2. The van der Waals surface area contributed by atoms with Gasteiger partial charge in [0.25, 0.3) is 0 Å². The lowest BCUT2D eigenvalue weighted by Gasteiger charge is -2.35. The quantitative estimate of drug-likeness (QED) is 0.773. The lowest BCUT2D eigenvalue weighted by Crippen LogP contribution is -2.48. The third-order valence-corrected chi connectivity index (χ3v) is 5.22. The van der Waals surface area contributed by atoms with Crippen molar-refractivity contribution >= 4 is 11.8 Å². The predicted molar refractivity (Wildman–Crippen MR) is 94.3 cm³/mol. The Morgan fingerprint density at radius 1 is 1.23 bits per heavy atom. The van der Waals surface area contributed by atoms with Crippen molar-refractivity contribution in [2.75, 3.05) is 19.6 Å². The highest BCUT2D eigenvalue weighted by molar-refractivity contribution is 5.84.